The summed E-state index contributed by atoms with van der Waals surface area (Å²) >= 11 is 0. The topological polar surface area (TPSA) is 104 Å². The Morgan fingerprint density at radius 2 is 1.78 bits per heavy atom. The second-order valence-corrected chi connectivity index (χ2v) is 5.92. The Morgan fingerprint density at radius 1 is 1.17 bits per heavy atom. The maximum absolute atomic E-state index is 11.7. The van der Waals surface area contributed by atoms with Crippen LogP contribution >= 0.6 is 7.37 Å². The maximum Gasteiger partial charge on any atom is 0.338 e. The number of carbonyl (C=O) groups is 1. The van der Waals surface area contributed by atoms with Crippen LogP contribution in [0.3, 0.4) is 0 Å². The number of benzene rings is 1. The van der Waals surface area contributed by atoms with Gasteiger partial charge in [-0.15, -0.1) is 0 Å². The number of rotatable bonds is 6. The third-order valence-corrected chi connectivity index (χ3v) is 4.15. The lowest BCUT2D eigenvalue weighted by atomic mass is 10.2. The van der Waals surface area contributed by atoms with Crippen molar-refractivity contribution in [1.29, 1.82) is 0 Å². The van der Waals surface area contributed by atoms with E-state index in [0.717, 1.165) is 0 Å². The first kappa shape index (κ1) is 14.9. The fourth-order valence-corrected chi connectivity index (χ4v) is 2.46. The highest BCUT2D eigenvalue weighted by molar-refractivity contribution is 7.66. The van der Waals surface area contributed by atoms with Crippen LogP contribution in [-0.2, 0) is 9.30 Å². The molecule has 0 saturated carbocycles. The molecule has 0 spiro atoms. The first-order chi connectivity index (χ1) is 8.51. The summed E-state index contributed by atoms with van der Waals surface area (Å²) in [6, 6.07) is 5.45. The van der Waals surface area contributed by atoms with Crippen molar-refractivity contribution in [3.8, 4) is 0 Å². The molecular formula is C11H15O6P. The van der Waals surface area contributed by atoms with Gasteiger partial charge in [0.25, 0.3) is 0 Å². The highest BCUT2D eigenvalue weighted by Gasteiger charge is 2.20. The average molecular weight is 274 g/mol. The Kier molecular flexibility index (Phi) is 5.50. The van der Waals surface area contributed by atoms with Gasteiger partial charge in [0, 0.05) is 5.30 Å². The van der Waals surface area contributed by atoms with Gasteiger partial charge in [0.05, 0.1) is 24.9 Å². The van der Waals surface area contributed by atoms with Gasteiger partial charge in [0.2, 0.25) is 7.37 Å². The zero-order chi connectivity index (χ0) is 13.6. The minimum atomic E-state index is -3.56. The van der Waals surface area contributed by atoms with E-state index in [4.69, 9.17) is 10.2 Å². The molecule has 18 heavy (non-hydrogen) atoms. The number of hydrogen-bond donors (Lipinski definition) is 3. The summed E-state index contributed by atoms with van der Waals surface area (Å²) in [5, 5.41) is 17.4. The molecule has 1 rings (SSSR count). The molecule has 100 valence electrons. The molecule has 1 aromatic rings. The third-order valence-electron chi connectivity index (χ3n) is 2.23. The second kappa shape index (κ2) is 6.66. The minimum absolute atomic E-state index is 0.0937. The molecule has 1 unspecified atom stereocenters. The monoisotopic (exact) mass is 274 g/mol. The lowest BCUT2D eigenvalue weighted by Gasteiger charge is -2.10. The molecule has 0 radical (unpaired) electrons. The van der Waals surface area contributed by atoms with Crippen LogP contribution in [0.4, 0.5) is 0 Å². The standard InChI is InChI=1S/C11H15O6P/c12-5-7-17-11(14)9-1-3-10(4-2-9)18(15,16)8-6-13/h1-4,12-13H,5-8H2,(H,15,16). The van der Waals surface area contributed by atoms with Gasteiger partial charge in [0.1, 0.15) is 6.61 Å². The molecule has 6 nitrogen and oxygen atoms in total. The smallest absolute Gasteiger partial charge is 0.338 e. The Hall–Kier alpha value is -1.20. The van der Waals surface area contributed by atoms with Gasteiger partial charge < -0.3 is 19.8 Å². The molecule has 0 bridgehead atoms. The summed E-state index contributed by atoms with van der Waals surface area (Å²) in [4.78, 5) is 21.0. The fraction of sp³-hybridized carbons (Fsp3) is 0.364. The van der Waals surface area contributed by atoms with Crippen molar-refractivity contribution in [3.05, 3.63) is 29.8 Å². The van der Waals surface area contributed by atoms with Crippen molar-refractivity contribution in [1.82, 2.24) is 0 Å². The SMILES string of the molecule is O=C(OCCO)c1ccc(P(=O)(O)CCO)cc1. The normalized spacial score (nSPS) is 13.9. The van der Waals surface area contributed by atoms with Crippen LogP contribution in [0.1, 0.15) is 10.4 Å². The summed E-state index contributed by atoms with van der Waals surface area (Å²) in [6.45, 7) is -0.732. The summed E-state index contributed by atoms with van der Waals surface area (Å²) in [6.07, 6.45) is -0.221. The van der Waals surface area contributed by atoms with Crippen molar-refractivity contribution in [2.75, 3.05) is 26.0 Å². The van der Waals surface area contributed by atoms with Crippen molar-refractivity contribution < 1.29 is 29.2 Å². The van der Waals surface area contributed by atoms with Gasteiger partial charge >= 0.3 is 5.97 Å². The summed E-state index contributed by atoms with van der Waals surface area (Å²) < 4.78 is 16.4. The third kappa shape index (κ3) is 3.92. The van der Waals surface area contributed by atoms with Crippen LogP contribution in [0, 0.1) is 0 Å². The van der Waals surface area contributed by atoms with E-state index >= 15 is 0 Å². The average Bonchev–Trinajstić information content (AvgIpc) is 2.36. The maximum atomic E-state index is 11.7. The van der Waals surface area contributed by atoms with Crippen LogP contribution in [-0.4, -0.2) is 47.1 Å². The predicted molar refractivity (Wildman–Crippen MR) is 65.2 cm³/mol. The second-order valence-electron chi connectivity index (χ2n) is 3.56. The van der Waals surface area contributed by atoms with Crippen LogP contribution in [0.25, 0.3) is 0 Å². The highest BCUT2D eigenvalue weighted by atomic mass is 31.2. The first-order valence-corrected chi connectivity index (χ1v) is 7.17. The molecule has 3 N–H and O–H groups in total. The van der Waals surface area contributed by atoms with E-state index in [1.165, 1.54) is 24.3 Å². The van der Waals surface area contributed by atoms with Crippen LogP contribution in [0.5, 0.6) is 0 Å². The summed E-state index contributed by atoms with van der Waals surface area (Å²) in [5.41, 5.74) is 0.233. The van der Waals surface area contributed by atoms with Gasteiger partial charge in [-0.25, -0.2) is 4.79 Å². The lowest BCUT2D eigenvalue weighted by molar-refractivity contribution is 0.0434. The molecule has 0 saturated heterocycles. The summed E-state index contributed by atoms with van der Waals surface area (Å²) in [5.74, 6) is -0.606. The quantitative estimate of drug-likeness (QED) is 0.487. The number of aliphatic hydroxyl groups is 2. The molecule has 0 heterocycles. The summed E-state index contributed by atoms with van der Waals surface area (Å²) in [7, 11) is -3.56. The number of carbonyl (C=O) groups excluding carboxylic acids is 1. The fourth-order valence-electron chi connectivity index (χ4n) is 1.32. The van der Waals surface area contributed by atoms with Crippen LogP contribution < -0.4 is 5.30 Å². The molecule has 0 fully saturated rings. The number of esters is 1. The molecule has 0 aliphatic carbocycles. The highest BCUT2D eigenvalue weighted by Crippen LogP contribution is 2.38. The molecule has 0 aliphatic rings. The van der Waals surface area contributed by atoms with Crippen molar-refractivity contribution in [2.24, 2.45) is 0 Å². The zero-order valence-corrected chi connectivity index (χ0v) is 10.5. The largest absolute Gasteiger partial charge is 0.460 e. The van der Waals surface area contributed by atoms with E-state index in [1.807, 2.05) is 0 Å². The van der Waals surface area contributed by atoms with E-state index in [-0.39, 0.29) is 36.9 Å². The Bertz CT molecular complexity index is 441. The van der Waals surface area contributed by atoms with E-state index < -0.39 is 13.3 Å². The molecule has 1 aromatic carbocycles. The number of ether oxygens (including phenoxy) is 1. The Morgan fingerprint density at radius 3 is 2.28 bits per heavy atom. The Balaban J connectivity index is 2.80. The van der Waals surface area contributed by atoms with Gasteiger partial charge in [-0.05, 0) is 24.3 Å². The minimum Gasteiger partial charge on any atom is -0.460 e. The van der Waals surface area contributed by atoms with Gasteiger partial charge in [-0.2, -0.15) is 0 Å². The van der Waals surface area contributed by atoms with Gasteiger partial charge in [0.15, 0.2) is 0 Å². The number of aliphatic hydroxyl groups excluding tert-OH is 2. The van der Waals surface area contributed by atoms with Crippen LogP contribution in [0.15, 0.2) is 24.3 Å². The lowest BCUT2D eigenvalue weighted by Crippen LogP contribution is -2.12. The Labute approximate surface area is 104 Å². The molecule has 7 heteroatoms. The molecule has 0 aliphatic heterocycles. The van der Waals surface area contributed by atoms with E-state index in [0.29, 0.717) is 0 Å². The van der Waals surface area contributed by atoms with Gasteiger partial charge in [-0.3, -0.25) is 4.57 Å². The van der Waals surface area contributed by atoms with E-state index in [9.17, 15) is 14.3 Å². The molecule has 0 aromatic heterocycles. The molecule has 1 atom stereocenters. The van der Waals surface area contributed by atoms with E-state index in [1.54, 1.807) is 0 Å². The van der Waals surface area contributed by atoms with Crippen LogP contribution in [0.2, 0.25) is 0 Å². The molecular weight excluding hydrogens is 259 g/mol. The van der Waals surface area contributed by atoms with Crippen molar-refractivity contribution >= 4 is 18.6 Å². The first-order valence-electron chi connectivity index (χ1n) is 5.32. The van der Waals surface area contributed by atoms with Crippen molar-refractivity contribution in [2.45, 2.75) is 0 Å². The molecule has 0 amide bonds. The van der Waals surface area contributed by atoms with Gasteiger partial charge in [-0.1, -0.05) is 0 Å². The zero-order valence-electron chi connectivity index (χ0n) is 9.65. The van der Waals surface area contributed by atoms with E-state index in [2.05, 4.69) is 4.74 Å². The number of hydrogen-bond acceptors (Lipinski definition) is 5. The predicted octanol–water partition coefficient (Wildman–Crippen LogP) is -0.276. The van der Waals surface area contributed by atoms with Crippen molar-refractivity contribution in [3.63, 3.8) is 0 Å².